The summed E-state index contributed by atoms with van der Waals surface area (Å²) in [5.41, 5.74) is 0. The van der Waals surface area contributed by atoms with Crippen molar-refractivity contribution in [1.29, 1.82) is 0 Å². The summed E-state index contributed by atoms with van der Waals surface area (Å²) in [6.07, 6.45) is 57.7. The molecular formula is C51H99NO4. The van der Waals surface area contributed by atoms with Gasteiger partial charge in [-0.15, -0.1) is 0 Å². The summed E-state index contributed by atoms with van der Waals surface area (Å²) in [6.45, 7) is 4.23. The first-order valence-electron chi connectivity index (χ1n) is 25.1. The van der Waals surface area contributed by atoms with Gasteiger partial charge in [-0.2, -0.15) is 0 Å². The van der Waals surface area contributed by atoms with Gasteiger partial charge in [0.1, 0.15) is 0 Å². The molecule has 0 heterocycles. The smallest absolute Gasteiger partial charge is 0.222 e. The molecule has 0 aromatic heterocycles. The number of amides is 1. The fraction of sp³-hybridized carbons (Fsp3) is 0.902. The Morgan fingerprint density at radius 2 is 0.768 bits per heavy atom. The van der Waals surface area contributed by atoms with E-state index in [0.717, 1.165) is 32.1 Å². The Morgan fingerprint density at radius 3 is 1.14 bits per heavy atom. The maximum absolute atomic E-state index is 12.5. The third kappa shape index (κ3) is 42.4. The van der Waals surface area contributed by atoms with Gasteiger partial charge in [-0.3, -0.25) is 4.79 Å². The average Bonchev–Trinajstić information content (AvgIpc) is 3.19. The lowest BCUT2D eigenvalue weighted by Gasteiger charge is -2.21. The van der Waals surface area contributed by atoms with E-state index in [9.17, 15) is 20.1 Å². The van der Waals surface area contributed by atoms with Crippen LogP contribution in [0.5, 0.6) is 0 Å². The van der Waals surface area contributed by atoms with Crippen molar-refractivity contribution in [3.05, 3.63) is 24.3 Å². The van der Waals surface area contributed by atoms with Gasteiger partial charge in [0.15, 0.2) is 0 Å². The molecular weight excluding hydrogens is 691 g/mol. The standard InChI is InChI=1S/C51H99NO4/c1-3-5-7-9-11-13-15-17-19-21-23-24-25-27-28-30-32-34-36-38-40-42-44-48(54)46-51(56)52-49(47-53)50(55)45-43-41-39-37-35-33-31-29-26-22-20-18-16-14-12-10-8-6-4-2/h35,37,43,45,48-50,53-55H,3-34,36,38-42,44,46-47H2,1-2H3,(H,52,56)/b37-35+,45-43+. The quantitative estimate of drug-likeness (QED) is 0.0365. The number of hydrogen-bond donors (Lipinski definition) is 4. The molecule has 4 N–H and O–H groups in total. The highest BCUT2D eigenvalue weighted by molar-refractivity contribution is 5.76. The third-order valence-corrected chi connectivity index (χ3v) is 11.7. The molecule has 0 saturated heterocycles. The van der Waals surface area contributed by atoms with Gasteiger partial charge in [-0.1, -0.05) is 256 Å². The number of rotatable bonds is 46. The number of nitrogens with one attached hydrogen (secondary N) is 1. The van der Waals surface area contributed by atoms with Gasteiger partial charge in [0.2, 0.25) is 5.91 Å². The van der Waals surface area contributed by atoms with Crippen molar-refractivity contribution in [2.24, 2.45) is 0 Å². The van der Waals surface area contributed by atoms with E-state index in [1.54, 1.807) is 6.08 Å². The Morgan fingerprint density at radius 1 is 0.446 bits per heavy atom. The normalized spacial score (nSPS) is 13.6. The summed E-state index contributed by atoms with van der Waals surface area (Å²) in [7, 11) is 0. The lowest BCUT2D eigenvalue weighted by atomic mass is 10.0. The van der Waals surface area contributed by atoms with Gasteiger partial charge < -0.3 is 20.6 Å². The van der Waals surface area contributed by atoms with Crippen LogP contribution in [-0.2, 0) is 4.79 Å². The van der Waals surface area contributed by atoms with E-state index in [0.29, 0.717) is 6.42 Å². The second-order valence-electron chi connectivity index (χ2n) is 17.4. The maximum Gasteiger partial charge on any atom is 0.222 e. The van der Waals surface area contributed by atoms with Crippen molar-refractivity contribution in [2.45, 2.75) is 289 Å². The fourth-order valence-electron chi connectivity index (χ4n) is 7.89. The van der Waals surface area contributed by atoms with E-state index >= 15 is 0 Å². The molecule has 5 nitrogen and oxygen atoms in total. The second kappa shape index (κ2) is 46.5. The average molecular weight is 790 g/mol. The molecule has 0 rings (SSSR count). The van der Waals surface area contributed by atoms with Crippen molar-refractivity contribution in [1.82, 2.24) is 5.32 Å². The molecule has 56 heavy (non-hydrogen) atoms. The Balaban J connectivity index is 3.62. The lowest BCUT2D eigenvalue weighted by Crippen LogP contribution is -2.45. The molecule has 0 saturated carbocycles. The number of aliphatic hydroxyl groups excluding tert-OH is 3. The van der Waals surface area contributed by atoms with Gasteiger partial charge in [-0.25, -0.2) is 0 Å². The second-order valence-corrected chi connectivity index (χ2v) is 17.4. The van der Waals surface area contributed by atoms with Crippen LogP contribution in [0.3, 0.4) is 0 Å². The minimum atomic E-state index is -0.949. The van der Waals surface area contributed by atoms with Crippen LogP contribution < -0.4 is 5.32 Å². The van der Waals surface area contributed by atoms with E-state index in [4.69, 9.17) is 0 Å². The van der Waals surface area contributed by atoms with Crippen LogP contribution >= 0.6 is 0 Å². The summed E-state index contributed by atoms with van der Waals surface area (Å²) >= 11 is 0. The third-order valence-electron chi connectivity index (χ3n) is 11.7. The summed E-state index contributed by atoms with van der Waals surface area (Å²) in [5, 5.41) is 33.3. The highest BCUT2D eigenvalue weighted by Crippen LogP contribution is 2.17. The van der Waals surface area contributed by atoms with Gasteiger partial charge >= 0.3 is 0 Å². The summed E-state index contributed by atoms with van der Waals surface area (Å²) in [5.74, 6) is -0.320. The van der Waals surface area contributed by atoms with Crippen molar-refractivity contribution < 1.29 is 20.1 Å². The Bertz CT molecular complexity index is 829. The number of allylic oxidation sites excluding steroid dienone is 3. The number of carbonyl (C=O) groups excluding carboxylic acids is 1. The molecule has 0 aliphatic rings. The first kappa shape index (κ1) is 54.8. The van der Waals surface area contributed by atoms with Crippen LogP contribution in [0, 0.1) is 0 Å². The molecule has 5 heteroatoms. The topological polar surface area (TPSA) is 89.8 Å². The van der Waals surface area contributed by atoms with Crippen molar-refractivity contribution in [3.63, 3.8) is 0 Å². The number of hydrogen-bond acceptors (Lipinski definition) is 4. The van der Waals surface area contributed by atoms with Crippen LogP contribution in [0.4, 0.5) is 0 Å². The van der Waals surface area contributed by atoms with E-state index in [1.165, 1.54) is 212 Å². The fourth-order valence-corrected chi connectivity index (χ4v) is 7.89. The van der Waals surface area contributed by atoms with E-state index in [2.05, 4.69) is 31.3 Å². The van der Waals surface area contributed by atoms with Gasteiger partial charge in [0, 0.05) is 0 Å². The predicted molar refractivity (Wildman–Crippen MR) is 245 cm³/mol. The monoisotopic (exact) mass is 790 g/mol. The minimum Gasteiger partial charge on any atom is -0.394 e. The molecule has 3 atom stereocenters. The van der Waals surface area contributed by atoms with E-state index in [-0.39, 0.29) is 18.9 Å². The predicted octanol–water partition coefficient (Wildman–Crippen LogP) is 14.9. The first-order valence-corrected chi connectivity index (χ1v) is 25.1. The van der Waals surface area contributed by atoms with Crippen LogP contribution in [0.25, 0.3) is 0 Å². The summed E-state index contributed by atoms with van der Waals surface area (Å²) < 4.78 is 0. The highest BCUT2D eigenvalue weighted by atomic mass is 16.3. The minimum absolute atomic E-state index is 0.0102. The maximum atomic E-state index is 12.5. The lowest BCUT2D eigenvalue weighted by molar-refractivity contribution is -0.124. The first-order chi connectivity index (χ1) is 27.5. The molecule has 3 unspecified atom stereocenters. The van der Waals surface area contributed by atoms with E-state index in [1.807, 2.05) is 6.08 Å². The van der Waals surface area contributed by atoms with Crippen LogP contribution in [0.1, 0.15) is 271 Å². The van der Waals surface area contributed by atoms with E-state index < -0.39 is 18.2 Å². The number of aliphatic hydroxyl groups is 3. The van der Waals surface area contributed by atoms with Gasteiger partial charge in [-0.05, 0) is 32.1 Å². The summed E-state index contributed by atoms with van der Waals surface area (Å²) in [6, 6.07) is -0.758. The Labute approximate surface area is 350 Å². The largest absolute Gasteiger partial charge is 0.394 e. The zero-order chi connectivity index (χ0) is 40.8. The number of unbranched alkanes of at least 4 members (excludes halogenated alkanes) is 35. The zero-order valence-electron chi connectivity index (χ0n) is 37.8. The molecule has 0 aromatic carbocycles. The van der Waals surface area contributed by atoms with Crippen LogP contribution in [0.2, 0.25) is 0 Å². The molecule has 0 aliphatic carbocycles. The van der Waals surface area contributed by atoms with Crippen molar-refractivity contribution in [3.8, 4) is 0 Å². The molecule has 0 aromatic rings. The number of carbonyl (C=O) groups is 1. The van der Waals surface area contributed by atoms with Crippen LogP contribution in [-0.4, -0.2) is 46.1 Å². The molecule has 1 amide bonds. The highest BCUT2D eigenvalue weighted by Gasteiger charge is 2.20. The Hall–Kier alpha value is -1.17. The molecule has 0 spiro atoms. The SMILES string of the molecule is CCCCCCCCCCCCCCC/C=C/CC/C=C/C(O)C(CO)NC(=O)CC(O)CCCCCCCCCCCCCCCCCCCCCCCC. The van der Waals surface area contributed by atoms with Gasteiger partial charge in [0.05, 0.1) is 31.3 Å². The molecule has 0 radical (unpaired) electrons. The Kier molecular flexibility index (Phi) is 45.5. The molecule has 0 fully saturated rings. The van der Waals surface area contributed by atoms with Crippen molar-refractivity contribution >= 4 is 5.91 Å². The zero-order valence-corrected chi connectivity index (χ0v) is 37.8. The van der Waals surface area contributed by atoms with Gasteiger partial charge in [0.25, 0.3) is 0 Å². The van der Waals surface area contributed by atoms with Crippen molar-refractivity contribution in [2.75, 3.05) is 6.61 Å². The summed E-state index contributed by atoms with van der Waals surface area (Å²) in [4.78, 5) is 12.5. The molecule has 332 valence electrons. The molecule has 0 aliphatic heterocycles. The molecule has 0 bridgehead atoms. The van der Waals surface area contributed by atoms with Crippen LogP contribution in [0.15, 0.2) is 24.3 Å².